The normalized spacial score (nSPS) is 12.1. The first-order chi connectivity index (χ1) is 26.3. The molecule has 0 saturated heterocycles. The van der Waals surface area contributed by atoms with Gasteiger partial charge in [-0.2, -0.15) is 9.97 Å². The van der Waals surface area contributed by atoms with Crippen LogP contribution in [-0.2, 0) is 0 Å². The van der Waals surface area contributed by atoms with Crippen molar-refractivity contribution < 1.29 is 0 Å². The number of hydrogen-bond acceptors (Lipinski definition) is 4. The summed E-state index contributed by atoms with van der Waals surface area (Å²) in [5.41, 5.74) is 10.9. The summed E-state index contributed by atoms with van der Waals surface area (Å²) < 4.78 is 4.66. The first-order valence-corrected chi connectivity index (χ1v) is 18.5. The summed E-state index contributed by atoms with van der Waals surface area (Å²) in [7, 11) is 0. The predicted octanol–water partition coefficient (Wildman–Crippen LogP) is 12.0. The molecule has 1 aliphatic heterocycles. The van der Waals surface area contributed by atoms with Crippen molar-refractivity contribution in [3.8, 4) is 56.7 Å². The topological polar surface area (TPSA) is 48.5 Å². The minimum Gasteiger partial charge on any atom is -0.293 e. The first-order valence-electron chi connectivity index (χ1n) is 17.7. The predicted molar refractivity (Wildman–Crippen MR) is 217 cm³/mol. The van der Waals surface area contributed by atoms with Gasteiger partial charge < -0.3 is 0 Å². The Kier molecular flexibility index (Phi) is 6.72. The minimum atomic E-state index is 0.576. The van der Waals surface area contributed by atoms with Gasteiger partial charge in [0.05, 0.1) is 16.7 Å². The molecule has 0 atom stereocenters. The molecule has 0 unspecified atom stereocenters. The lowest BCUT2D eigenvalue weighted by atomic mass is 10.0. The van der Waals surface area contributed by atoms with E-state index < -0.39 is 0 Å². The van der Waals surface area contributed by atoms with E-state index >= 15 is 0 Å². The first kappa shape index (κ1) is 29.9. The summed E-state index contributed by atoms with van der Waals surface area (Å²) in [6, 6.07) is 61.8. The highest BCUT2D eigenvalue weighted by molar-refractivity contribution is 7.99. The Labute approximate surface area is 309 Å². The summed E-state index contributed by atoms with van der Waals surface area (Å²) in [5.74, 6) is 1.81. The van der Waals surface area contributed by atoms with Crippen molar-refractivity contribution in [3.05, 3.63) is 176 Å². The van der Waals surface area contributed by atoms with Crippen LogP contribution in [0.3, 0.4) is 0 Å². The quantitative estimate of drug-likeness (QED) is 0.180. The lowest BCUT2D eigenvalue weighted by Crippen LogP contribution is -2.10. The van der Waals surface area contributed by atoms with Gasteiger partial charge in [0.2, 0.25) is 5.95 Å². The molecule has 0 fully saturated rings. The molecule has 10 aromatic rings. The van der Waals surface area contributed by atoms with Crippen molar-refractivity contribution in [2.24, 2.45) is 0 Å². The second-order valence-electron chi connectivity index (χ2n) is 13.3. The van der Waals surface area contributed by atoms with Gasteiger partial charge in [0.25, 0.3) is 0 Å². The Hall–Kier alpha value is -6.76. The van der Waals surface area contributed by atoms with E-state index in [0.717, 1.165) is 44.5 Å². The number of rotatable bonds is 5. The maximum absolute atomic E-state index is 5.30. The Morgan fingerprint density at radius 1 is 0.377 bits per heavy atom. The zero-order valence-corrected chi connectivity index (χ0v) is 29.2. The van der Waals surface area contributed by atoms with Crippen molar-refractivity contribution in [2.75, 3.05) is 0 Å². The van der Waals surface area contributed by atoms with Crippen LogP contribution in [-0.4, -0.2) is 24.1 Å². The van der Waals surface area contributed by atoms with Crippen molar-refractivity contribution in [1.82, 2.24) is 24.1 Å². The van der Waals surface area contributed by atoms with E-state index in [9.17, 15) is 0 Å². The molecule has 3 aromatic heterocycles. The summed E-state index contributed by atoms with van der Waals surface area (Å²) >= 11 is 1.83. The van der Waals surface area contributed by atoms with E-state index in [-0.39, 0.29) is 0 Å². The van der Waals surface area contributed by atoms with Gasteiger partial charge in [0.15, 0.2) is 11.6 Å². The molecule has 11 rings (SSSR count). The van der Waals surface area contributed by atoms with Crippen LogP contribution in [0.1, 0.15) is 0 Å². The summed E-state index contributed by atoms with van der Waals surface area (Å²) in [6.07, 6.45) is 0. The molecule has 53 heavy (non-hydrogen) atoms. The molecule has 0 saturated carbocycles. The fourth-order valence-corrected chi connectivity index (χ4v) is 8.83. The number of aromatic nitrogens is 5. The van der Waals surface area contributed by atoms with Gasteiger partial charge in [-0.1, -0.05) is 163 Å². The van der Waals surface area contributed by atoms with E-state index in [1.54, 1.807) is 0 Å². The second-order valence-corrected chi connectivity index (χ2v) is 14.4. The van der Waals surface area contributed by atoms with Crippen LogP contribution in [0.25, 0.3) is 89.5 Å². The van der Waals surface area contributed by atoms with E-state index in [4.69, 9.17) is 15.0 Å². The van der Waals surface area contributed by atoms with Gasteiger partial charge in [-0.3, -0.25) is 9.13 Å². The highest BCUT2D eigenvalue weighted by atomic mass is 32.2. The largest absolute Gasteiger partial charge is 0.293 e. The van der Waals surface area contributed by atoms with Crippen LogP contribution in [0.15, 0.2) is 186 Å². The highest BCUT2D eigenvalue weighted by Crippen LogP contribution is 2.49. The molecule has 5 nitrogen and oxygen atoms in total. The van der Waals surface area contributed by atoms with E-state index in [0.29, 0.717) is 17.6 Å². The second kappa shape index (κ2) is 11.9. The number of benzene rings is 7. The van der Waals surface area contributed by atoms with Gasteiger partial charge in [0, 0.05) is 37.1 Å². The standard InChI is InChI=1S/C47H29N5S/c1-3-12-30(13-4-1)32-22-26-34(27-23-32)44-48-45(35-28-24-33(25-29-35)31-14-5-2-6-15-31)50-47(49-44)52-38-18-8-7-16-36(38)42-37-17-11-21-41-43(37)51(46(42)52)39-19-9-10-20-40(39)53-41/h1-29H. The Morgan fingerprint density at radius 3 is 1.55 bits per heavy atom. The molecule has 4 heterocycles. The Bertz CT molecular complexity index is 2900. The van der Waals surface area contributed by atoms with Crippen molar-refractivity contribution in [3.63, 3.8) is 0 Å². The lowest BCUT2D eigenvalue weighted by Gasteiger charge is -2.20. The maximum atomic E-state index is 5.30. The van der Waals surface area contributed by atoms with E-state index in [1.165, 1.54) is 37.2 Å². The van der Waals surface area contributed by atoms with E-state index in [2.05, 4.69) is 173 Å². The Balaban J connectivity index is 1.18. The fourth-order valence-electron chi connectivity index (χ4n) is 7.74. The minimum absolute atomic E-state index is 0.576. The van der Waals surface area contributed by atoms with Gasteiger partial charge in [0.1, 0.15) is 5.65 Å². The molecular weight excluding hydrogens is 667 g/mol. The van der Waals surface area contributed by atoms with Crippen molar-refractivity contribution in [2.45, 2.75) is 9.79 Å². The Morgan fingerprint density at radius 2 is 0.887 bits per heavy atom. The average molecular weight is 696 g/mol. The molecule has 0 amide bonds. The number of fused-ring (bicyclic) bond motifs is 7. The molecule has 7 aromatic carbocycles. The molecular formula is C47H29N5S. The zero-order chi connectivity index (χ0) is 34.9. The molecule has 248 valence electrons. The molecule has 0 radical (unpaired) electrons. The van der Waals surface area contributed by atoms with Crippen LogP contribution >= 0.6 is 11.8 Å². The third kappa shape index (κ3) is 4.76. The van der Waals surface area contributed by atoms with Gasteiger partial charge in [-0.25, -0.2) is 4.98 Å². The van der Waals surface area contributed by atoms with Crippen LogP contribution < -0.4 is 0 Å². The number of nitrogens with zero attached hydrogens (tertiary/aromatic N) is 5. The van der Waals surface area contributed by atoms with Crippen LogP contribution in [0.2, 0.25) is 0 Å². The third-order valence-electron chi connectivity index (χ3n) is 10.2. The molecule has 0 bridgehead atoms. The third-order valence-corrected chi connectivity index (χ3v) is 11.3. The maximum Gasteiger partial charge on any atom is 0.239 e. The number of para-hydroxylation sites is 3. The molecule has 0 N–H and O–H groups in total. The van der Waals surface area contributed by atoms with Crippen LogP contribution in [0, 0.1) is 0 Å². The molecule has 0 aliphatic carbocycles. The van der Waals surface area contributed by atoms with Crippen LogP contribution in [0.5, 0.6) is 0 Å². The monoisotopic (exact) mass is 695 g/mol. The fraction of sp³-hybridized carbons (Fsp3) is 0. The summed E-state index contributed by atoms with van der Waals surface area (Å²) in [4.78, 5) is 18.2. The van der Waals surface area contributed by atoms with Gasteiger partial charge in [-0.15, -0.1) is 0 Å². The van der Waals surface area contributed by atoms with Crippen molar-refractivity contribution in [1.29, 1.82) is 0 Å². The molecule has 0 spiro atoms. The average Bonchev–Trinajstić information content (AvgIpc) is 3.76. The van der Waals surface area contributed by atoms with Gasteiger partial charge in [-0.05, 0) is 46.5 Å². The van der Waals surface area contributed by atoms with Gasteiger partial charge >= 0.3 is 0 Å². The zero-order valence-electron chi connectivity index (χ0n) is 28.4. The lowest BCUT2D eigenvalue weighted by molar-refractivity contribution is 0.927. The summed E-state index contributed by atoms with van der Waals surface area (Å²) in [6.45, 7) is 0. The van der Waals surface area contributed by atoms with Crippen LogP contribution in [0.4, 0.5) is 0 Å². The summed E-state index contributed by atoms with van der Waals surface area (Å²) in [5, 5.41) is 3.57. The van der Waals surface area contributed by atoms with Crippen molar-refractivity contribution >= 4 is 44.6 Å². The number of hydrogen-bond donors (Lipinski definition) is 0. The smallest absolute Gasteiger partial charge is 0.239 e. The SMILES string of the molecule is c1ccc(-c2ccc(-c3nc(-c4ccc(-c5ccccc5)cc4)nc(-n4c5ccccc5c5c6cccc7c6n(c54)-c4ccccc4S7)n3)cc2)cc1. The molecule has 1 aliphatic rings. The highest BCUT2D eigenvalue weighted by Gasteiger charge is 2.28. The molecule has 6 heteroatoms. The van der Waals surface area contributed by atoms with E-state index in [1.807, 2.05) is 23.9 Å².